The molecule has 0 aromatic heterocycles. The molecule has 0 aliphatic heterocycles. The van der Waals surface area contributed by atoms with E-state index in [0.29, 0.717) is 0 Å². The highest BCUT2D eigenvalue weighted by Crippen LogP contribution is 0.690. The van der Waals surface area contributed by atoms with Crippen molar-refractivity contribution in [2.75, 3.05) is 0 Å². The Balaban J connectivity index is 0. The topological polar surface area (TPSA) is 34.2 Å². The second-order valence-electron chi connectivity index (χ2n) is 0.158. The van der Waals surface area contributed by atoms with E-state index in [4.69, 9.17) is 5.21 Å². The fourth-order valence-electron chi connectivity index (χ4n) is 0. The monoisotopic (exact) mass is 82.0 g/mol. The average Bonchev–Trinajstić information content (AvgIpc) is 0.918. The lowest BCUT2D eigenvalue weighted by atomic mass is 11.8. The van der Waals surface area contributed by atoms with Crippen molar-refractivity contribution in [3.05, 3.63) is 0 Å². The van der Waals surface area contributed by atoms with Gasteiger partial charge in [-0.05, 0) is 0 Å². The lowest BCUT2D eigenvalue weighted by Gasteiger charge is -1.34. The molecule has 0 bridgehead atoms. The van der Waals surface area contributed by atoms with Crippen molar-refractivity contribution in [1.29, 1.82) is 0 Å². The van der Waals surface area contributed by atoms with Crippen LogP contribution < -0.4 is 5.16 Å². The Kier molecular flexibility index (Phi) is 34.2. The molecule has 2 nitrogen and oxygen atoms in total. The third-order valence-electron chi connectivity index (χ3n) is 0. The fourth-order valence-corrected chi connectivity index (χ4v) is 0. The van der Waals surface area contributed by atoms with Gasteiger partial charge < -0.3 is 0 Å². The summed E-state index contributed by atoms with van der Waals surface area (Å²) < 4.78 is 0. The zero-order chi connectivity index (χ0) is 2.71. The summed E-state index contributed by atoms with van der Waals surface area (Å²) in [6, 6.07) is 0. The molecule has 0 amide bonds. The smallest absolute Gasteiger partial charge is 0.177 e. The molecule has 0 aliphatic rings. The van der Waals surface area contributed by atoms with Crippen LogP contribution in [0.1, 0.15) is 0 Å². The van der Waals surface area contributed by atoms with Gasteiger partial charge >= 0.3 is 0 Å². The molecule has 0 saturated heterocycles. The van der Waals surface area contributed by atoms with E-state index >= 15 is 0 Å². The average molecular weight is 82.5 g/mol. The van der Waals surface area contributed by atoms with Crippen molar-refractivity contribution >= 4 is 19.1 Å². The SMILES string of the molecule is C=[NH+]O.Cl. The van der Waals surface area contributed by atoms with Crippen LogP contribution in [0.2, 0.25) is 0 Å². The summed E-state index contributed by atoms with van der Waals surface area (Å²) >= 11 is 0. The van der Waals surface area contributed by atoms with Crippen molar-refractivity contribution in [3.63, 3.8) is 0 Å². The van der Waals surface area contributed by atoms with Gasteiger partial charge in [0.05, 0.1) is 0 Å². The first-order valence-corrected chi connectivity index (χ1v) is 0.577. The number of rotatable bonds is 0. The van der Waals surface area contributed by atoms with Crippen LogP contribution in [0.4, 0.5) is 0 Å². The van der Waals surface area contributed by atoms with Crippen LogP contribution in [-0.2, 0) is 0 Å². The van der Waals surface area contributed by atoms with E-state index in [2.05, 4.69) is 6.72 Å². The van der Waals surface area contributed by atoms with Crippen LogP contribution >= 0.6 is 12.4 Å². The fraction of sp³-hybridized carbons (Fsp3) is 0. The van der Waals surface area contributed by atoms with E-state index in [9.17, 15) is 0 Å². The molecule has 0 heterocycles. The molecule has 26 valence electrons. The van der Waals surface area contributed by atoms with Gasteiger partial charge in [0.1, 0.15) is 0 Å². The van der Waals surface area contributed by atoms with Crippen molar-refractivity contribution < 1.29 is 10.4 Å². The maximum absolute atomic E-state index is 7.21. The van der Waals surface area contributed by atoms with Gasteiger partial charge in [0.2, 0.25) is 0 Å². The maximum atomic E-state index is 7.21. The molecule has 0 spiro atoms. The summed E-state index contributed by atoms with van der Waals surface area (Å²) in [6.07, 6.45) is 0. The maximum Gasteiger partial charge on any atom is 0.177 e. The third-order valence-corrected chi connectivity index (χ3v) is 0. The van der Waals surface area contributed by atoms with Crippen molar-refractivity contribution in [3.8, 4) is 0 Å². The quantitative estimate of drug-likeness (QED) is 0.210. The lowest BCUT2D eigenvalue weighted by molar-refractivity contribution is -0.730. The summed E-state index contributed by atoms with van der Waals surface area (Å²) in [5, 5.41) is 8.71. The molecule has 0 rings (SSSR count). The summed E-state index contributed by atoms with van der Waals surface area (Å²) in [5.74, 6) is 0. The van der Waals surface area contributed by atoms with Crippen LogP contribution in [0.5, 0.6) is 0 Å². The molecule has 4 heavy (non-hydrogen) atoms. The highest BCUT2D eigenvalue weighted by molar-refractivity contribution is 5.85. The standard InChI is InChI=1S/CH3NO.ClH/c1-2-3;/h3H,1H2;1H/p+1. The highest BCUT2D eigenvalue weighted by atomic mass is 35.5. The Hall–Kier alpha value is -0.240. The molecule has 0 radical (unpaired) electrons. The molecule has 3 heteroatoms. The second kappa shape index (κ2) is 14.8. The zero-order valence-corrected chi connectivity index (χ0v) is 2.88. The highest BCUT2D eigenvalue weighted by Gasteiger charge is 1.15. The predicted molar refractivity (Wildman–Crippen MR) is 17.1 cm³/mol. The van der Waals surface area contributed by atoms with Crippen molar-refractivity contribution in [1.82, 2.24) is 0 Å². The van der Waals surface area contributed by atoms with Gasteiger partial charge in [0.25, 0.3) is 0 Å². The number of nitrogens with one attached hydrogen (secondary N) is 1. The number of hydrogen-bond acceptors (Lipinski definition) is 1. The van der Waals surface area contributed by atoms with Gasteiger partial charge in [-0.1, -0.05) is 5.16 Å². The van der Waals surface area contributed by atoms with E-state index in [1.807, 2.05) is 0 Å². The molecule has 0 atom stereocenters. The minimum atomic E-state index is 0. The molecule has 0 aromatic rings. The summed E-state index contributed by atoms with van der Waals surface area (Å²) in [4.78, 5) is 0. The van der Waals surface area contributed by atoms with Crippen molar-refractivity contribution in [2.45, 2.75) is 0 Å². The second-order valence-corrected chi connectivity index (χ2v) is 0.158. The molecule has 0 fully saturated rings. The Morgan fingerprint density at radius 3 is 1.75 bits per heavy atom. The van der Waals surface area contributed by atoms with Crippen molar-refractivity contribution in [2.24, 2.45) is 0 Å². The Morgan fingerprint density at radius 2 is 1.75 bits per heavy atom. The third kappa shape index (κ3) is 17.6. The van der Waals surface area contributed by atoms with Gasteiger partial charge in [-0.3, -0.25) is 5.21 Å². The van der Waals surface area contributed by atoms with Crippen LogP contribution in [-0.4, -0.2) is 11.9 Å². The largest absolute Gasteiger partial charge is 0.294 e. The van der Waals surface area contributed by atoms with Gasteiger partial charge in [-0.25, -0.2) is 0 Å². The Bertz CT molecular complexity index is 15.5. The van der Waals surface area contributed by atoms with Gasteiger partial charge in [-0.15, -0.1) is 12.4 Å². The normalized spacial score (nSPS) is 3.00. The van der Waals surface area contributed by atoms with Crippen LogP contribution in [0.25, 0.3) is 0 Å². The van der Waals surface area contributed by atoms with Crippen LogP contribution in [0.3, 0.4) is 0 Å². The van der Waals surface area contributed by atoms with E-state index in [1.165, 1.54) is 5.16 Å². The predicted octanol–water partition coefficient (Wildman–Crippen LogP) is -1.42. The van der Waals surface area contributed by atoms with E-state index in [-0.39, 0.29) is 12.4 Å². The molecular formula is CH5ClNO+. The number of hydrogen-bond donors (Lipinski definition) is 2. The number of halogens is 1. The first-order chi connectivity index (χ1) is 1.41. The Morgan fingerprint density at radius 1 is 1.75 bits per heavy atom. The zero-order valence-electron chi connectivity index (χ0n) is 2.06. The minimum Gasteiger partial charge on any atom is -0.294 e. The lowest BCUT2D eigenvalue weighted by Crippen LogP contribution is -2.60. The molecule has 0 saturated carbocycles. The van der Waals surface area contributed by atoms with E-state index in [1.54, 1.807) is 0 Å². The van der Waals surface area contributed by atoms with Crippen LogP contribution in [0.15, 0.2) is 0 Å². The molecule has 2 N–H and O–H groups in total. The molecule has 0 unspecified atom stereocenters. The summed E-state index contributed by atoms with van der Waals surface area (Å²) in [5.41, 5.74) is 0. The van der Waals surface area contributed by atoms with Gasteiger partial charge in [0.15, 0.2) is 6.72 Å². The van der Waals surface area contributed by atoms with E-state index < -0.39 is 0 Å². The molecular weight excluding hydrogens is 77.5 g/mol. The van der Waals surface area contributed by atoms with E-state index in [0.717, 1.165) is 0 Å². The first kappa shape index (κ1) is 9.25. The minimum absolute atomic E-state index is 0. The van der Waals surface area contributed by atoms with Gasteiger partial charge in [-0.2, -0.15) is 0 Å². The first-order valence-electron chi connectivity index (χ1n) is 0.577. The van der Waals surface area contributed by atoms with Crippen LogP contribution in [0, 0.1) is 0 Å². The van der Waals surface area contributed by atoms with Gasteiger partial charge in [0, 0.05) is 0 Å². The molecule has 0 aliphatic carbocycles. The molecule has 0 aromatic carbocycles. The summed E-state index contributed by atoms with van der Waals surface area (Å²) in [7, 11) is 0. The Labute approximate surface area is 30.5 Å². The summed E-state index contributed by atoms with van der Waals surface area (Å²) in [6.45, 7) is 2.79.